The maximum Gasteiger partial charge on any atom is 0.237 e. The predicted octanol–water partition coefficient (Wildman–Crippen LogP) is 0.387. The standard InChI is InChI=1S/C12H16N2O4/c1-14-4-6-16-10-8-18-11-9(7-17-12(10)11)15-5-2-3-13/h9-12H,2,4-8H2/t9-,10+,11+,12+/m1/s1. The molecule has 98 valence electrons. The Kier molecular flexibility index (Phi) is 4.91. The minimum absolute atomic E-state index is 0.109. The van der Waals surface area contributed by atoms with Gasteiger partial charge in [-0.2, -0.15) is 5.26 Å². The van der Waals surface area contributed by atoms with Gasteiger partial charge in [-0.25, -0.2) is 6.57 Å². The average Bonchev–Trinajstić information content (AvgIpc) is 2.94. The lowest BCUT2D eigenvalue weighted by Crippen LogP contribution is -2.34. The van der Waals surface area contributed by atoms with Gasteiger partial charge >= 0.3 is 0 Å². The number of rotatable bonds is 6. The van der Waals surface area contributed by atoms with E-state index >= 15 is 0 Å². The van der Waals surface area contributed by atoms with Crippen molar-refractivity contribution in [3.63, 3.8) is 0 Å². The van der Waals surface area contributed by atoms with Crippen LogP contribution in [0.4, 0.5) is 0 Å². The van der Waals surface area contributed by atoms with E-state index in [0.29, 0.717) is 39.4 Å². The number of hydrogen-bond acceptors (Lipinski definition) is 5. The van der Waals surface area contributed by atoms with Crippen LogP contribution < -0.4 is 0 Å². The van der Waals surface area contributed by atoms with Gasteiger partial charge in [-0.05, 0) is 0 Å². The Bertz CT molecular complexity index is 315. The van der Waals surface area contributed by atoms with Crippen molar-refractivity contribution in [2.75, 3.05) is 33.0 Å². The average molecular weight is 252 g/mol. The first-order chi connectivity index (χ1) is 8.86. The number of fused-ring (bicyclic) bond motifs is 1. The maximum absolute atomic E-state index is 8.45. The van der Waals surface area contributed by atoms with Gasteiger partial charge in [-0.1, -0.05) is 0 Å². The fourth-order valence-electron chi connectivity index (χ4n) is 2.22. The molecule has 0 bridgehead atoms. The summed E-state index contributed by atoms with van der Waals surface area (Å²) < 4.78 is 22.4. The van der Waals surface area contributed by atoms with Gasteiger partial charge in [-0.3, -0.25) is 0 Å². The molecule has 0 saturated carbocycles. The Balaban J connectivity index is 1.76. The molecule has 4 atom stereocenters. The quantitative estimate of drug-likeness (QED) is 0.505. The second kappa shape index (κ2) is 6.67. The lowest BCUT2D eigenvalue weighted by Gasteiger charge is -2.16. The number of nitrogens with zero attached hydrogens (tertiary/aromatic N) is 2. The van der Waals surface area contributed by atoms with Crippen molar-refractivity contribution in [2.24, 2.45) is 0 Å². The van der Waals surface area contributed by atoms with E-state index in [1.54, 1.807) is 0 Å². The van der Waals surface area contributed by atoms with Crippen LogP contribution >= 0.6 is 0 Å². The molecule has 0 radical (unpaired) electrons. The zero-order valence-electron chi connectivity index (χ0n) is 10.1. The molecule has 18 heavy (non-hydrogen) atoms. The minimum atomic E-state index is -0.113. The van der Waals surface area contributed by atoms with Crippen LogP contribution in [0.5, 0.6) is 0 Å². The largest absolute Gasteiger partial charge is 0.372 e. The van der Waals surface area contributed by atoms with Crippen LogP contribution in [0, 0.1) is 17.9 Å². The molecule has 0 amide bonds. The van der Waals surface area contributed by atoms with Crippen molar-refractivity contribution < 1.29 is 18.9 Å². The summed E-state index contributed by atoms with van der Waals surface area (Å²) in [6, 6.07) is 2.03. The molecular weight excluding hydrogens is 236 g/mol. The molecule has 2 fully saturated rings. The van der Waals surface area contributed by atoms with E-state index in [4.69, 9.17) is 30.8 Å². The first kappa shape index (κ1) is 13.3. The van der Waals surface area contributed by atoms with Crippen LogP contribution in [0.3, 0.4) is 0 Å². The Labute approximate surface area is 106 Å². The van der Waals surface area contributed by atoms with E-state index < -0.39 is 0 Å². The van der Waals surface area contributed by atoms with Crippen molar-refractivity contribution >= 4 is 0 Å². The zero-order valence-corrected chi connectivity index (χ0v) is 10.1. The van der Waals surface area contributed by atoms with Gasteiger partial charge in [0.1, 0.15) is 31.0 Å². The molecule has 6 nitrogen and oxygen atoms in total. The lowest BCUT2D eigenvalue weighted by atomic mass is 10.1. The Morgan fingerprint density at radius 1 is 1.17 bits per heavy atom. The summed E-state index contributed by atoms with van der Waals surface area (Å²) in [5, 5.41) is 8.45. The molecule has 0 N–H and O–H groups in total. The number of hydrogen-bond donors (Lipinski definition) is 0. The summed E-state index contributed by atoms with van der Waals surface area (Å²) in [7, 11) is 0. The molecule has 0 aliphatic carbocycles. The summed E-state index contributed by atoms with van der Waals surface area (Å²) in [5.74, 6) is 0. The van der Waals surface area contributed by atoms with Crippen molar-refractivity contribution in [1.82, 2.24) is 0 Å². The van der Waals surface area contributed by atoms with Gasteiger partial charge in [0.15, 0.2) is 0 Å². The first-order valence-electron chi connectivity index (χ1n) is 6.03. The molecule has 0 aromatic heterocycles. The molecule has 2 aliphatic heterocycles. The topological polar surface area (TPSA) is 65.1 Å². The van der Waals surface area contributed by atoms with Crippen LogP contribution in [0.2, 0.25) is 0 Å². The van der Waals surface area contributed by atoms with E-state index in [9.17, 15) is 0 Å². The number of ether oxygens (including phenoxy) is 4. The first-order valence-corrected chi connectivity index (χ1v) is 6.03. The van der Waals surface area contributed by atoms with E-state index in [1.165, 1.54) is 0 Å². The molecule has 6 heteroatoms. The van der Waals surface area contributed by atoms with Crippen LogP contribution in [-0.2, 0) is 18.9 Å². The minimum Gasteiger partial charge on any atom is -0.372 e. The summed E-state index contributed by atoms with van der Waals surface area (Å²) >= 11 is 0. The zero-order chi connectivity index (χ0) is 12.8. The van der Waals surface area contributed by atoms with Crippen LogP contribution in [0.15, 0.2) is 0 Å². The van der Waals surface area contributed by atoms with Crippen molar-refractivity contribution in [3.05, 3.63) is 11.4 Å². The highest BCUT2D eigenvalue weighted by atomic mass is 16.6. The third kappa shape index (κ3) is 2.98. The highest BCUT2D eigenvalue weighted by molar-refractivity contribution is 4.96. The second-order valence-corrected chi connectivity index (χ2v) is 4.20. The lowest BCUT2D eigenvalue weighted by molar-refractivity contribution is -0.0473. The van der Waals surface area contributed by atoms with Gasteiger partial charge < -0.3 is 23.8 Å². The highest BCUT2D eigenvalue weighted by Crippen LogP contribution is 2.30. The Hall–Kier alpha value is -1.18. The van der Waals surface area contributed by atoms with Crippen LogP contribution in [-0.4, -0.2) is 57.4 Å². The van der Waals surface area contributed by atoms with Crippen molar-refractivity contribution in [2.45, 2.75) is 30.8 Å². The predicted molar refractivity (Wildman–Crippen MR) is 60.7 cm³/mol. The van der Waals surface area contributed by atoms with E-state index in [2.05, 4.69) is 4.85 Å². The van der Waals surface area contributed by atoms with Crippen LogP contribution in [0.1, 0.15) is 6.42 Å². The van der Waals surface area contributed by atoms with Gasteiger partial charge in [0.05, 0.1) is 32.3 Å². The molecule has 2 saturated heterocycles. The molecule has 0 spiro atoms. The molecule has 2 aliphatic rings. The third-order valence-corrected chi connectivity index (χ3v) is 3.04. The second-order valence-electron chi connectivity index (χ2n) is 4.20. The molecule has 0 aromatic rings. The number of nitriles is 1. The maximum atomic E-state index is 8.45. The normalized spacial score (nSPS) is 33.9. The summed E-state index contributed by atoms with van der Waals surface area (Å²) in [4.78, 5) is 3.24. The molecule has 2 heterocycles. The van der Waals surface area contributed by atoms with E-state index in [1.807, 2.05) is 6.07 Å². The van der Waals surface area contributed by atoms with Gasteiger partial charge in [0.2, 0.25) is 6.54 Å². The summed E-state index contributed by atoms with van der Waals surface area (Å²) in [6.45, 7) is 8.81. The van der Waals surface area contributed by atoms with E-state index in [-0.39, 0.29) is 24.4 Å². The molecule has 0 aromatic carbocycles. The monoisotopic (exact) mass is 252 g/mol. The van der Waals surface area contributed by atoms with Crippen molar-refractivity contribution in [3.8, 4) is 6.07 Å². The Morgan fingerprint density at radius 3 is 2.33 bits per heavy atom. The van der Waals surface area contributed by atoms with Crippen molar-refractivity contribution in [1.29, 1.82) is 5.26 Å². The fraction of sp³-hybridized carbons (Fsp3) is 0.833. The summed E-state index contributed by atoms with van der Waals surface area (Å²) in [6.07, 6.45) is -0.0673. The molecular formula is C12H16N2O4. The summed E-state index contributed by atoms with van der Waals surface area (Å²) in [5.41, 5.74) is 0. The van der Waals surface area contributed by atoms with Gasteiger partial charge in [0, 0.05) is 0 Å². The smallest absolute Gasteiger partial charge is 0.237 e. The fourth-order valence-corrected chi connectivity index (χ4v) is 2.22. The molecule has 0 unspecified atom stereocenters. The van der Waals surface area contributed by atoms with Crippen LogP contribution in [0.25, 0.3) is 4.85 Å². The SMILES string of the molecule is [C-]#[N+]CCO[C@H]1CO[C@@H]2[C@H]1OC[C@H]2OCCC#N. The highest BCUT2D eigenvalue weighted by Gasteiger charge is 2.48. The van der Waals surface area contributed by atoms with Gasteiger partial charge in [0.25, 0.3) is 0 Å². The molecule has 2 rings (SSSR count). The van der Waals surface area contributed by atoms with Gasteiger partial charge in [-0.15, -0.1) is 0 Å². The van der Waals surface area contributed by atoms with E-state index in [0.717, 1.165) is 0 Å². The Morgan fingerprint density at radius 2 is 1.78 bits per heavy atom. The third-order valence-electron chi connectivity index (χ3n) is 3.04.